The van der Waals surface area contributed by atoms with Crippen LogP contribution >= 0.6 is 11.6 Å². The molecule has 0 spiro atoms. The molecule has 0 amide bonds. The molecular formula is C13H13ClN2O2. The number of Topliss-reactive ketones (excluding diaryl/α,β-unsaturated/α-hetero) is 1. The van der Waals surface area contributed by atoms with Crippen LogP contribution in [0.1, 0.15) is 24.5 Å². The van der Waals surface area contributed by atoms with Gasteiger partial charge in [0.25, 0.3) is 0 Å². The molecule has 0 aliphatic heterocycles. The number of carbonyl (C=O) groups excluding carboxylic acids is 1. The molecule has 0 unspecified atom stereocenters. The largest absolute Gasteiger partial charge is 0.492 e. The second kappa shape index (κ2) is 5.23. The fraction of sp³-hybridized carbons (Fsp3) is 0.231. The molecule has 0 atom stereocenters. The van der Waals surface area contributed by atoms with Crippen molar-refractivity contribution in [1.82, 2.24) is 9.97 Å². The summed E-state index contributed by atoms with van der Waals surface area (Å²) in [5.74, 6) is 0.891. The molecule has 0 aliphatic carbocycles. The first-order chi connectivity index (χ1) is 8.61. The zero-order valence-corrected chi connectivity index (χ0v) is 10.9. The summed E-state index contributed by atoms with van der Waals surface area (Å²) in [6.07, 6.45) is 1.61. The standard InChI is InChI=1S/C13H13ClN2O2/c1-3-18-12-5-4-9(6-10(12)14)11-7-15-13(16-11)8(2)17/h4-7H,3H2,1-2H3,(H,15,16). The highest BCUT2D eigenvalue weighted by molar-refractivity contribution is 6.32. The Hall–Kier alpha value is -1.81. The first-order valence-corrected chi connectivity index (χ1v) is 5.98. The smallest absolute Gasteiger partial charge is 0.194 e. The van der Waals surface area contributed by atoms with Crippen molar-refractivity contribution < 1.29 is 9.53 Å². The summed E-state index contributed by atoms with van der Waals surface area (Å²) >= 11 is 6.10. The van der Waals surface area contributed by atoms with E-state index in [0.717, 1.165) is 11.3 Å². The summed E-state index contributed by atoms with van der Waals surface area (Å²) in [6, 6.07) is 5.45. The molecule has 1 heterocycles. The number of hydrogen-bond donors (Lipinski definition) is 1. The summed E-state index contributed by atoms with van der Waals surface area (Å²) < 4.78 is 5.36. The maximum Gasteiger partial charge on any atom is 0.194 e. The number of halogens is 1. The first-order valence-electron chi connectivity index (χ1n) is 5.60. The molecule has 0 radical (unpaired) electrons. The molecule has 0 bridgehead atoms. The Morgan fingerprint density at radius 2 is 2.28 bits per heavy atom. The molecule has 1 N–H and O–H groups in total. The van der Waals surface area contributed by atoms with Crippen LogP contribution in [-0.2, 0) is 0 Å². The second-order valence-electron chi connectivity index (χ2n) is 3.78. The lowest BCUT2D eigenvalue weighted by molar-refractivity contribution is 0.100. The van der Waals surface area contributed by atoms with E-state index in [9.17, 15) is 4.79 Å². The molecule has 0 fully saturated rings. The molecule has 2 aromatic rings. The summed E-state index contributed by atoms with van der Waals surface area (Å²) in [6.45, 7) is 3.93. The van der Waals surface area contributed by atoms with Gasteiger partial charge in [0.2, 0.25) is 0 Å². The quantitative estimate of drug-likeness (QED) is 0.862. The van der Waals surface area contributed by atoms with Gasteiger partial charge in [0.05, 0.1) is 23.5 Å². The van der Waals surface area contributed by atoms with E-state index < -0.39 is 0 Å². The van der Waals surface area contributed by atoms with Gasteiger partial charge in [-0.05, 0) is 25.1 Å². The topological polar surface area (TPSA) is 55.0 Å². The maximum absolute atomic E-state index is 11.2. The first kappa shape index (κ1) is 12.6. The maximum atomic E-state index is 11.2. The van der Waals surface area contributed by atoms with E-state index in [1.54, 1.807) is 18.3 Å². The third-order valence-corrected chi connectivity index (χ3v) is 2.75. The van der Waals surface area contributed by atoms with Crippen molar-refractivity contribution in [3.63, 3.8) is 0 Å². The van der Waals surface area contributed by atoms with Crippen molar-refractivity contribution in [2.45, 2.75) is 13.8 Å². The van der Waals surface area contributed by atoms with Crippen molar-refractivity contribution in [3.05, 3.63) is 35.2 Å². The SMILES string of the molecule is CCOc1ccc(-c2cnc(C(C)=O)[nH]2)cc1Cl. The lowest BCUT2D eigenvalue weighted by atomic mass is 10.1. The third-order valence-electron chi connectivity index (χ3n) is 2.45. The highest BCUT2D eigenvalue weighted by Crippen LogP contribution is 2.29. The zero-order chi connectivity index (χ0) is 13.1. The van der Waals surface area contributed by atoms with Crippen LogP contribution in [0, 0.1) is 0 Å². The second-order valence-corrected chi connectivity index (χ2v) is 4.19. The van der Waals surface area contributed by atoms with Crippen molar-refractivity contribution in [3.8, 4) is 17.0 Å². The summed E-state index contributed by atoms with van der Waals surface area (Å²) in [4.78, 5) is 18.1. The summed E-state index contributed by atoms with van der Waals surface area (Å²) in [7, 11) is 0. The van der Waals surface area contributed by atoms with Gasteiger partial charge in [0, 0.05) is 12.5 Å². The minimum Gasteiger partial charge on any atom is -0.492 e. The minimum absolute atomic E-state index is 0.0988. The van der Waals surface area contributed by atoms with Gasteiger partial charge in [-0.2, -0.15) is 0 Å². The molecule has 1 aromatic heterocycles. The number of nitrogens with one attached hydrogen (secondary N) is 1. The molecule has 18 heavy (non-hydrogen) atoms. The molecule has 2 rings (SSSR count). The van der Waals surface area contributed by atoms with Gasteiger partial charge in [-0.1, -0.05) is 11.6 Å². The molecule has 5 heteroatoms. The minimum atomic E-state index is -0.0988. The number of hydrogen-bond acceptors (Lipinski definition) is 3. The number of ether oxygens (including phenoxy) is 1. The summed E-state index contributed by atoms with van der Waals surface area (Å²) in [5, 5.41) is 0.535. The van der Waals surface area contributed by atoms with E-state index in [0.29, 0.717) is 23.2 Å². The highest BCUT2D eigenvalue weighted by atomic mass is 35.5. The Balaban J connectivity index is 2.33. The van der Waals surface area contributed by atoms with E-state index >= 15 is 0 Å². The van der Waals surface area contributed by atoms with Gasteiger partial charge in [0.15, 0.2) is 11.6 Å². The molecule has 1 aromatic carbocycles. The number of imidazole rings is 1. The van der Waals surface area contributed by atoms with E-state index in [1.807, 2.05) is 13.0 Å². The predicted molar refractivity (Wildman–Crippen MR) is 70.2 cm³/mol. The van der Waals surface area contributed by atoms with Crippen molar-refractivity contribution in [2.24, 2.45) is 0 Å². The number of nitrogens with zero attached hydrogens (tertiary/aromatic N) is 1. The molecule has 0 aliphatic rings. The fourth-order valence-electron chi connectivity index (χ4n) is 1.59. The van der Waals surface area contributed by atoms with Crippen LogP contribution in [0.25, 0.3) is 11.3 Å². The van der Waals surface area contributed by atoms with Gasteiger partial charge in [-0.3, -0.25) is 4.79 Å². The van der Waals surface area contributed by atoms with Crippen LogP contribution in [0.2, 0.25) is 5.02 Å². The highest BCUT2D eigenvalue weighted by Gasteiger charge is 2.09. The van der Waals surface area contributed by atoms with E-state index in [4.69, 9.17) is 16.3 Å². The van der Waals surface area contributed by atoms with Crippen molar-refractivity contribution >= 4 is 17.4 Å². The Labute approximate surface area is 110 Å². The van der Waals surface area contributed by atoms with Crippen molar-refractivity contribution in [2.75, 3.05) is 6.61 Å². The third kappa shape index (κ3) is 2.54. The van der Waals surface area contributed by atoms with E-state index in [-0.39, 0.29) is 5.78 Å². The Bertz CT molecular complexity index is 578. The van der Waals surface area contributed by atoms with Gasteiger partial charge in [-0.15, -0.1) is 0 Å². The average molecular weight is 265 g/mol. The number of aromatic nitrogens is 2. The van der Waals surface area contributed by atoms with Gasteiger partial charge in [0.1, 0.15) is 5.75 Å². The number of rotatable bonds is 4. The average Bonchev–Trinajstić information content (AvgIpc) is 2.81. The number of ketones is 1. The molecule has 0 saturated carbocycles. The Morgan fingerprint density at radius 1 is 1.50 bits per heavy atom. The Kier molecular flexibility index (Phi) is 3.67. The number of aromatic amines is 1. The predicted octanol–water partition coefficient (Wildman–Crippen LogP) is 3.33. The molecule has 0 saturated heterocycles. The summed E-state index contributed by atoms with van der Waals surface area (Å²) in [5.41, 5.74) is 1.62. The number of H-pyrrole nitrogens is 1. The van der Waals surface area contributed by atoms with Gasteiger partial charge >= 0.3 is 0 Å². The number of carbonyl (C=O) groups is 1. The molecule has 94 valence electrons. The fourth-order valence-corrected chi connectivity index (χ4v) is 1.82. The van der Waals surface area contributed by atoms with E-state index in [1.165, 1.54) is 6.92 Å². The van der Waals surface area contributed by atoms with Crippen LogP contribution in [0.3, 0.4) is 0 Å². The molecular weight excluding hydrogens is 252 g/mol. The van der Waals surface area contributed by atoms with Crippen LogP contribution in [-0.4, -0.2) is 22.4 Å². The lowest BCUT2D eigenvalue weighted by Gasteiger charge is -2.06. The van der Waals surface area contributed by atoms with Crippen molar-refractivity contribution in [1.29, 1.82) is 0 Å². The zero-order valence-electron chi connectivity index (χ0n) is 10.2. The van der Waals surface area contributed by atoms with Crippen LogP contribution in [0.4, 0.5) is 0 Å². The van der Waals surface area contributed by atoms with Crippen LogP contribution in [0.5, 0.6) is 5.75 Å². The Morgan fingerprint density at radius 3 is 2.83 bits per heavy atom. The van der Waals surface area contributed by atoms with Gasteiger partial charge in [-0.25, -0.2) is 4.98 Å². The van der Waals surface area contributed by atoms with Gasteiger partial charge < -0.3 is 9.72 Å². The monoisotopic (exact) mass is 264 g/mol. The number of benzene rings is 1. The normalized spacial score (nSPS) is 10.4. The lowest BCUT2D eigenvalue weighted by Crippen LogP contribution is -1.94. The van der Waals surface area contributed by atoms with E-state index in [2.05, 4.69) is 9.97 Å². The van der Waals surface area contributed by atoms with Crippen LogP contribution in [0.15, 0.2) is 24.4 Å². The van der Waals surface area contributed by atoms with Crippen LogP contribution < -0.4 is 4.74 Å². The molecule has 4 nitrogen and oxygen atoms in total.